The maximum absolute atomic E-state index is 13.4. The van der Waals surface area contributed by atoms with E-state index in [9.17, 15) is 15.0 Å². The number of esters is 1. The van der Waals surface area contributed by atoms with E-state index < -0.39 is 35.1 Å². The fraction of sp³-hybridized carbons (Fsp3) is 0.265. The highest BCUT2D eigenvalue weighted by Gasteiger charge is 2.78. The Bertz CT molecular complexity index is 1570. The third-order valence-electron chi connectivity index (χ3n) is 8.44. The Balaban J connectivity index is 1.55. The quantitative estimate of drug-likeness (QED) is 0.295. The van der Waals surface area contributed by atoms with Crippen LogP contribution in [0.1, 0.15) is 28.2 Å². The minimum atomic E-state index is -2.12. The van der Waals surface area contributed by atoms with Gasteiger partial charge in [-0.05, 0) is 28.8 Å². The summed E-state index contributed by atoms with van der Waals surface area (Å²) < 4.78 is 29.2. The van der Waals surface area contributed by atoms with E-state index in [0.717, 1.165) is 5.56 Å². The number of fused-ring (bicyclic) bond motifs is 3. The lowest BCUT2D eigenvalue weighted by atomic mass is 9.70. The molecule has 0 radical (unpaired) electrons. The Morgan fingerprint density at radius 1 is 0.857 bits per heavy atom. The zero-order valence-corrected chi connectivity index (χ0v) is 23.5. The van der Waals surface area contributed by atoms with Gasteiger partial charge in [-0.1, -0.05) is 72.8 Å². The number of aliphatic hydroxyl groups is 2. The zero-order chi connectivity index (χ0) is 29.5. The molecule has 4 aromatic rings. The van der Waals surface area contributed by atoms with Gasteiger partial charge < -0.3 is 33.9 Å². The normalized spacial score (nSPS) is 25.6. The number of hydrogen-bond acceptors (Lipinski definition) is 8. The van der Waals surface area contributed by atoms with Gasteiger partial charge >= 0.3 is 5.97 Å². The van der Waals surface area contributed by atoms with E-state index in [1.54, 1.807) is 36.4 Å². The van der Waals surface area contributed by atoms with Gasteiger partial charge in [-0.15, -0.1) is 0 Å². The monoisotopic (exact) mass is 568 g/mol. The van der Waals surface area contributed by atoms with Crippen LogP contribution in [0.2, 0.25) is 0 Å². The summed E-state index contributed by atoms with van der Waals surface area (Å²) in [4.78, 5) is 13.4. The van der Waals surface area contributed by atoms with Gasteiger partial charge in [0.2, 0.25) is 0 Å². The minimum Gasteiger partial charge on any atom is -0.496 e. The van der Waals surface area contributed by atoms with E-state index >= 15 is 0 Å². The second kappa shape index (κ2) is 10.7. The maximum Gasteiger partial charge on any atom is 0.312 e. The number of carbonyl (C=O) groups is 1. The lowest BCUT2D eigenvalue weighted by Crippen LogP contribution is -2.52. The van der Waals surface area contributed by atoms with Gasteiger partial charge in [-0.25, -0.2) is 0 Å². The summed E-state index contributed by atoms with van der Waals surface area (Å²) in [7, 11) is 4.25. The Labute approximate surface area is 244 Å². The first kappa shape index (κ1) is 27.6. The van der Waals surface area contributed by atoms with Crippen LogP contribution in [0.3, 0.4) is 0 Å². The summed E-state index contributed by atoms with van der Waals surface area (Å²) in [6.45, 7) is 0.379. The summed E-state index contributed by atoms with van der Waals surface area (Å²) >= 11 is 0. The van der Waals surface area contributed by atoms with Crippen LogP contribution in [0, 0.1) is 5.92 Å². The van der Waals surface area contributed by atoms with E-state index in [4.69, 9.17) is 23.7 Å². The second-order valence-corrected chi connectivity index (χ2v) is 10.5. The Kier molecular flexibility index (Phi) is 7.04. The predicted octanol–water partition coefficient (Wildman–Crippen LogP) is 4.71. The number of rotatable bonds is 8. The number of aliphatic hydroxyl groups excluding tert-OH is 1. The minimum absolute atomic E-state index is 0.232. The van der Waals surface area contributed by atoms with Crippen molar-refractivity contribution >= 4 is 5.97 Å². The maximum atomic E-state index is 13.4. The molecule has 6 rings (SSSR count). The topological polar surface area (TPSA) is 104 Å². The zero-order valence-electron chi connectivity index (χ0n) is 23.5. The van der Waals surface area contributed by atoms with Crippen molar-refractivity contribution in [1.29, 1.82) is 0 Å². The van der Waals surface area contributed by atoms with Crippen LogP contribution in [-0.4, -0.2) is 43.6 Å². The smallest absolute Gasteiger partial charge is 0.312 e. The van der Waals surface area contributed by atoms with Crippen molar-refractivity contribution in [3.63, 3.8) is 0 Å². The Morgan fingerprint density at radius 3 is 2.14 bits per heavy atom. The fourth-order valence-electron chi connectivity index (χ4n) is 6.60. The molecule has 0 amide bonds. The van der Waals surface area contributed by atoms with Crippen LogP contribution in [-0.2, 0) is 27.3 Å². The Morgan fingerprint density at radius 2 is 1.52 bits per heavy atom. The first-order chi connectivity index (χ1) is 20.4. The Hall–Kier alpha value is -4.53. The van der Waals surface area contributed by atoms with Gasteiger partial charge in [-0.3, -0.25) is 4.79 Å². The summed E-state index contributed by atoms with van der Waals surface area (Å²) in [6, 6.07) is 29.5. The third kappa shape index (κ3) is 4.01. The predicted molar refractivity (Wildman–Crippen MR) is 154 cm³/mol. The highest BCUT2D eigenvalue weighted by molar-refractivity contribution is 5.78. The van der Waals surface area contributed by atoms with Gasteiger partial charge in [0.15, 0.2) is 11.2 Å². The molecule has 8 heteroatoms. The molecule has 2 aliphatic rings. The molecule has 0 aromatic heterocycles. The molecule has 0 bridgehead atoms. The molecule has 1 aliphatic heterocycles. The van der Waals surface area contributed by atoms with Crippen LogP contribution < -0.4 is 18.9 Å². The molecule has 42 heavy (non-hydrogen) atoms. The van der Waals surface area contributed by atoms with E-state index in [1.807, 2.05) is 60.7 Å². The van der Waals surface area contributed by atoms with E-state index in [1.165, 1.54) is 21.3 Å². The molecule has 0 saturated heterocycles. The number of ether oxygens (including phenoxy) is 5. The summed E-state index contributed by atoms with van der Waals surface area (Å²) in [5.74, 6) is -1.10. The summed E-state index contributed by atoms with van der Waals surface area (Å²) in [6.07, 6.45) is -1.62. The van der Waals surface area contributed by atoms with E-state index in [-0.39, 0.29) is 17.1 Å². The average molecular weight is 569 g/mol. The molecule has 0 spiro atoms. The van der Waals surface area contributed by atoms with Crippen molar-refractivity contribution in [1.82, 2.24) is 0 Å². The molecular weight excluding hydrogens is 536 g/mol. The molecule has 1 aliphatic carbocycles. The fourth-order valence-corrected chi connectivity index (χ4v) is 6.60. The molecule has 5 atom stereocenters. The first-order valence-corrected chi connectivity index (χ1v) is 13.6. The van der Waals surface area contributed by atoms with Gasteiger partial charge in [0, 0.05) is 18.1 Å². The van der Waals surface area contributed by atoms with Crippen molar-refractivity contribution in [3.05, 3.63) is 119 Å². The van der Waals surface area contributed by atoms with E-state index in [0.29, 0.717) is 29.2 Å². The number of hydrogen-bond donors (Lipinski definition) is 2. The molecule has 1 heterocycles. The second-order valence-electron chi connectivity index (χ2n) is 10.5. The highest BCUT2D eigenvalue weighted by atomic mass is 16.6. The highest BCUT2D eigenvalue weighted by Crippen LogP contribution is 2.70. The van der Waals surface area contributed by atoms with Gasteiger partial charge in [0.05, 0.1) is 32.8 Å². The van der Waals surface area contributed by atoms with Gasteiger partial charge in [0.25, 0.3) is 0 Å². The lowest BCUT2D eigenvalue weighted by molar-refractivity contribution is -0.161. The van der Waals surface area contributed by atoms with Gasteiger partial charge in [-0.2, -0.15) is 0 Å². The molecular formula is C34H32O8. The number of benzene rings is 4. The average Bonchev–Trinajstić information content (AvgIpc) is 3.42. The van der Waals surface area contributed by atoms with Crippen molar-refractivity contribution in [2.75, 3.05) is 21.3 Å². The molecule has 1 unspecified atom stereocenters. The standard InChI is InChI=1S/C34H32O8/c1-38-25-18-26(39-2)30-27(19-25)42-34(23-14-16-24(17-15-23)41-20-21-10-6-4-7-11-21)29(22-12-8-5-9-13-22)28(32(36)40-3)31(35)33(30,34)37/h4-19,28-29,31,35,37H,20H2,1-3H3/t28-,29-,31-,33+,34?/m1/s1. The van der Waals surface area contributed by atoms with E-state index in [2.05, 4.69) is 0 Å². The first-order valence-electron chi connectivity index (χ1n) is 13.6. The molecule has 1 saturated carbocycles. The SMILES string of the molecule is COC(=O)[C@@H]1[C@@H](c2ccccc2)C2(c3ccc(OCc4ccccc4)cc3)Oc3cc(OC)cc(OC)c3[C@]2(O)[C@@H]1O. The summed E-state index contributed by atoms with van der Waals surface area (Å²) in [5, 5.41) is 24.9. The molecule has 1 fully saturated rings. The van der Waals surface area contributed by atoms with Crippen LogP contribution in [0.25, 0.3) is 0 Å². The van der Waals surface area contributed by atoms with Crippen LogP contribution in [0.4, 0.5) is 0 Å². The third-order valence-corrected chi connectivity index (χ3v) is 8.44. The number of carbonyl (C=O) groups excluding carboxylic acids is 1. The number of methoxy groups -OCH3 is 3. The van der Waals surface area contributed by atoms with Crippen LogP contribution in [0.15, 0.2) is 97.1 Å². The van der Waals surface area contributed by atoms with Crippen molar-refractivity contribution in [3.8, 4) is 23.0 Å². The molecule has 8 nitrogen and oxygen atoms in total. The van der Waals surface area contributed by atoms with Crippen LogP contribution >= 0.6 is 0 Å². The molecule has 4 aromatic carbocycles. The molecule has 2 N–H and O–H groups in total. The van der Waals surface area contributed by atoms with Crippen molar-refractivity contribution in [2.45, 2.75) is 29.8 Å². The lowest BCUT2D eigenvalue weighted by Gasteiger charge is -2.40. The van der Waals surface area contributed by atoms with Crippen molar-refractivity contribution < 1.29 is 38.7 Å². The van der Waals surface area contributed by atoms with Gasteiger partial charge in [0.1, 0.15) is 35.7 Å². The van der Waals surface area contributed by atoms with Crippen molar-refractivity contribution in [2.24, 2.45) is 5.92 Å². The largest absolute Gasteiger partial charge is 0.496 e. The molecule has 216 valence electrons. The van der Waals surface area contributed by atoms with Crippen LogP contribution in [0.5, 0.6) is 23.0 Å². The summed E-state index contributed by atoms with van der Waals surface area (Å²) in [5.41, 5.74) is -1.30.